The number of aromatic nitrogens is 3. The van der Waals surface area contributed by atoms with Gasteiger partial charge in [0.1, 0.15) is 5.56 Å². The molecule has 0 spiro atoms. The fraction of sp³-hybridized carbons (Fsp3) is 0.519. The smallest absolute Gasteiger partial charge is 0.433 e. The minimum Gasteiger partial charge on any atom is -0.493 e. The van der Waals surface area contributed by atoms with Crippen LogP contribution in [0, 0.1) is 23.2 Å². The number of carbonyl (C=O) groups excluding carboxylic acids is 1. The lowest BCUT2D eigenvalue weighted by molar-refractivity contribution is -0.142. The third kappa shape index (κ3) is 4.20. The average Bonchev–Trinajstić information content (AvgIpc) is 3.29. The molecule has 7 rings (SSSR count). The summed E-state index contributed by atoms with van der Waals surface area (Å²) in [6.45, 7) is 0.536. The maximum absolute atomic E-state index is 14.0. The Hall–Kier alpha value is -3.30. The Bertz CT molecular complexity index is 1330. The monoisotopic (exact) mass is 514 g/mol. The summed E-state index contributed by atoms with van der Waals surface area (Å²) in [5, 5.41) is 6.94. The molecule has 4 aliphatic rings. The highest BCUT2D eigenvalue weighted by Gasteiger charge is 2.50. The highest BCUT2D eigenvalue weighted by molar-refractivity contribution is 6.00. The number of nitrogens with zero attached hydrogens (tertiary/aromatic N) is 3. The summed E-state index contributed by atoms with van der Waals surface area (Å²) in [5.74, 6) is 2.56. The Kier molecular flexibility index (Phi) is 5.61. The van der Waals surface area contributed by atoms with Gasteiger partial charge in [-0.25, -0.2) is 9.50 Å². The zero-order valence-electron chi connectivity index (χ0n) is 20.8. The highest BCUT2D eigenvalue weighted by Crippen LogP contribution is 2.59. The van der Waals surface area contributed by atoms with Gasteiger partial charge in [-0.2, -0.15) is 18.3 Å². The fourth-order valence-corrected chi connectivity index (χ4v) is 7.34. The van der Waals surface area contributed by atoms with Crippen LogP contribution in [0.4, 0.5) is 13.2 Å². The van der Waals surface area contributed by atoms with Crippen molar-refractivity contribution < 1.29 is 27.4 Å². The molecule has 0 unspecified atom stereocenters. The molecule has 196 valence electrons. The van der Waals surface area contributed by atoms with Crippen molar-refractivity contribution >= 4 is 11.6 Å². The second kappa shape index (κ2) is 8.63. The number of alkyl halides is 3. The van der Waals surface area contributed by atoms with Gasteiger partial charge in [0.15, 0.2) is 22.8 Å². The van der Waals surface area contributed by atoms with E-state index in [1.165, 1.54) is 39.7 Å². The normalized spacial score (nSPS) is 26.5. The molecule has 1 amide bonds. The number of amides is 1. The van der Waals surface area contributed by atoms with Crippen LogP contribution in [0.2, 0.25) is 0 Å². The minimum absolute atomic E-state index is 0.0255. The minimum atomic E-state index is -4.70. The van der Waals surface area contributed by atoms with E-state index >= 15 is 0 Å². The SMILES string of the molecule is COc1ccc(-c2cc(C(F)(F)F)n3ncc(C(=O)NCC45CC6CC(CC(C6)C4)C5)c3n2)cc1OC. The topological polar surface area (TPSA) is 77.8 Å². The van der Waals surface area contributed by atoms with Crippen LogP contribution in [0.1, 0.15) is 54.6 Å². The number of nitrogens with one attached hydrogen (secondary N) is 1. The molecule has 4 fully saturated rings. The average molecular weight is 515 g/mol. The molecule has 10 heteroatoms. The maximum atomic E-state index is 14.0. The lowest BCUT2D eigenvalue weighted by Crippen LogP contribution is -2.51. The first-order valence-corrected chi connectivity index (χ1v) is 12.6. The molecule has 4 saturated carbocycles. The number of hydrogen-bond acceptors (Lipinski definition) is 5. The van der Waals surface area contributed by atoms with Gasteiger partial charge in [-0.1, -0.05) is 0 Å². The van der Waals surface area contributed by atoms with Gasteiger partial charge in [-0.15, -0.1) is 0 Å². The summed E-state index contributed by atoms with van der Waals surface area (Å²) in [4.78, 5) is 17.7. The van der Waals surface area contributed by atoms with E-state index in [4.69, 9.17) is 9.47 Å². The molecule has 1 aromatic carbocycles. The molecule has 37 heavy (non-hydrogen) atoms. The molecule has 4 aliphatic carbocycles. The Morgan fingerprint density at radius 1 is 1.05 bits per heavy atom. The summed E-state index contributed by atoms with van der Waals surface area (Å²) in [5.41, 5.74) is -0.575. The molecule has 7 nitrogen and oxygen atoms in total. The van der Waals surface area contributed by atoms with Crippen LogP contribution in [0.25, 0.3) is 16.9 Å². The molecule has 1 N–H and O–H groups in total. The van der Waals surface area contributed by atoms with E-state index < -0.39 is 17.8 Å². The fourth-order valence-electron chi connectivity index (χ4n) is 7.34. The van der Waals surface area contributed by atoms with E-state index in [0.29, 0.717) is 28.1 Å². The van der Waals surface area contributed by atoms with Crippen LogP contribution < -0.4 is 14.8 Å². The predicted octanol–water partition coefficient (Wildman–Crippen LogP) is 5.38. The summed E-state index contributed by atoms with van der Waals surface area (Å²) >= 11 is 0. The van der Waals surface area contributed by atoms with Gasteiger partial charge in [0.2, 0.25) is 0 Å². The maximum Gasteiger partial charge on any atom is 0.433 e. The van der Waals surface area contributed by atoms with E-state index in [2.05, 4.69) is 15.4 Å². The summed E-state index contributed by atoms with van der Waals surface area (Å²) < 4.78 is 53.3. The third-order valence-electron chi connectivity index (χ3n) is 8.48. The zero-order chi connectivity index (χ0) is 25.9. The molecular weight excluding hydrogens is 485 g/mol. The van der Waals surface area contributed by atoms with Gasteiger partial charge in [0, 0.05) is 12.1 Å². The highest BCUT2D eigenvalue weighted by atomic mass is 19.4. The lowest BCUT2D eigenvalue weighted by Gasteiger charge is -2.56. The third-order valence-corrected chi connectivity index (χ3v) is 8.48. The van der Waals surface area contributed by atoms with Gasteiger partial charge in [-0.3, -0.25) is 4.79 Å². The van der Waals surface area contributed by atoms with Crippen molar-refractivity contribution in [1.29, 1.82) is 0 Å². The quantitative estimate of drug-likeness (QED) is 0.478. The Morgan fingerprint density at radius 2 is 1.70 bits per heavy atom. The molecule has 0 radical (unpaired) electrons. The van der Waals surface area contributed by atoms with Crippen molar-refractivity contribution in [3.05, 3.63) is 41.7 Å². The van der Waals surface area contributed by atoms with Crippen LogP contribution >= 0.6 is 0 Å². The zero-order valence-corrected chi connectivity index (χ0v) is 20.8. The van der Waals surface area contributed by atoms with E-state index in [1.807, 2.05) is 0 Å². The van der Waals surface area contributed by atoms with Gasteiger partial charge in [-0.05, 0) is 86.0 Å². The van der Waals surface area contributed by atoms with Gasteiger partial charge in [0.05, 0.1) is 26.1 Å². The van der Waals surface area contributed by atoms with Gasteiger partial charge >= 0.3 is 6.18 Å². The second-order valence-corrected chi connectivity index (χ2v) is 11.0. The van der Waals surface area contributed by atoms with Crippen LogP contribution in [0.5, 0.6) is 11.5 Å². The van der Waals surface area contributed by atoms with Crippen LogP contribution in [-0.4, -0.2) is 41.3 Å². The molecule has 0 saturated heterocycles. The number of carbonyl (C=O) groups is 1. The Labute approximate surface area is 212 Å². The standard InChI is InChI=1S/C27H29F3N4O3/c1-36-21-4-3-18(8-22(21)37-2)20-9-23(27(28,29)30)34-24(33-20)19(13-32-34)25(35)31-14-26-10-15-5-16(11-26)7-17(6-15)12-26/h3-4,8-9,13,15-17H,5-7,10-12,14H2,1-2H3,(H,31,35). The summed E-state index contributed by atoms with van der Waals surface area (Å²) in [6.07, 6.45) is 3.71. The van der Waals surface area contributed by atoms with Crippen molar-refractivity contribution in [3.8, 4) is 22.8 Å². The molecular formula is C27H29F3N4O3. The second-order valence-electron chi connectivity index (χ2n) is 11.0. The predicted molar refractivity (Wildman–Crippen MR) is 129 cm³/mol. The van der Waals surface area contributed by atoms with Crippen molar-refractivity contribution in [3.63, 3.8) is 0 Å². The number of hydrogen-bond donors (Lipinski definition) is 1. The number of benzene rings is 1. The lowest BCUT2D eigenvalue weighted by atomic mass is 9.49. The summed E-state index contributed by atoms with van der Waals surface area (Å²) in [7, 11) is 2.92. The van der Waals surface area contributed by atoms with Gasteiger partial charge < -0.3 is 14.8 Å². The number of fused-ring (bicyclic) bond motifs is 1. The van der Waals surface area contributed by atoms with Crippen molar-refractivity contribution in [1.82, 2.24) is 19.9 Å². The van der Waals surface area contributed by atoms with Crippen molar-refractivity contribution in [2.45, 2.75) is 44.7 Å². The van der Waals surface area contributed by atoms with E-state index in [1.54, 1.807) is 18.2 Å². The number of methoxy groups -OCH3 is 2. The van der Waals surface area contributed by atoms with Gasteiger partial charge in [0.25, 0.3) is 5.91 Å². The molecule has 2 aromatic heterocycles. The van der Waals surface area contributed by atoms with E-state index in [-0.39, 0.29) is 22.3 Å². The Balaban J connectivity index is 1.34. The largest absolute Gasteiger partial charge is 0.493 e. The van der Waals surface area contributed by atoms with Crippen molar-refractivity contribution in [2.75, 3.05) is 20.8 Å². The molecule has 2 heterocycles. The summed E-state index contributed by atoms with van der Waals surface area (Å²) in [6, 6.07) is 5.69. The van der Waals surface area contributed by atoms with Crippen molar-refractivity contribution in [2.24, 2.45) is 23.2 Å². The number of halogens is 3. The first-order chi connectivity index (χ1) is 17.7. The molecule has 4 bridgehead atoms. The first kappa shape index (κ1) is 24.1. The van der Waals surface area contributed by atoms with E-state index in [9.17, 15) is 18.0 Å². The molecule has 0 atom stereocenters. The molecule has 3 aromatic rings. The number of rotatable bonds is 6. The number of ether oxygens (including phenoxy) is 2. The molecule has 0 aliphatic heterocycles. The van der Waals surface area contributed by atoms with Crippen LogP contribution in [-0.2, 0) is 6.18 Å². The van der Waals surface area contributed by atoms with E-state index in [0.717, 1.165) is 43.1 Å². The Morgan fingerprint density at radius 3 is 2.30 bits per heavy atom. The van der Waals surface area contributed by atoms with Crippen LogP contribution in [0.3, 0.4) is 0 Å². The first-order valence-electron chi connectivity index (χ1n) is 12.6. The van der Waals surface area contributed by atoms with Crippen LogP contribution in [0.15, 0.2) is 30.5 Å².